The number of nitrogens with one attached hydrogen (secondary N) is 1. The van der Waals surface area contributed by atoms with Gasteiger partial charge in [0.15, 0.2) is 11.6 Å². The van der Waals surface area contributed by atoms with Crippen LogP contribution in [-0.2, 0) is 0 Å². The molecule has 0 atom stereocenters. The van der Waals surface area contributed by atoms with Gasteiger partial charge in [-0.2, -0.15) is 0 Å². The summed E-state index contributed by atoms with van der Waals surface area (Å²) in [5.74, 6) is -6.73. The first-order valence-corrected chi connectivity index (χ1v) is 16.9. The van der Waals surface area contributed by atoms with E-state index in [9.17, 15) is 31.9 Å². The minimum absolute atomic E-state index is 0.00670. The van der Waals surface area contributed by atoms with Crippen LogP contribution in [0.5, 0.6) is 0 Å². The van der Waals surface area contributed by atoms with Gasteiger partial charge in [0.1, 0.15) is 22.9 Å². The quantitative estimate of drug-likeness (QED) is 0.0887. The van der Waals surface area contributed by atoms with Crippen LogP contribution in [0.2, 0.25) is 10.0 Å². The van der Waals surface area contributed by atoms with E-state index in [1.54, 1.807) is 18.3 Å². The number of rotatable bonds is 5. The fourth-order valence-electron chi connectivity index (χ4n) is 5.23. The van der Waals surface area contributed by atoms with E-state index in [1.807, 2.05) is 0 Å². The summed E-state index contributed by atoms with van der Waals surface area (Å²) in [7, 11) is 0. The number of hydrogen-bond donors (Lipinski definition) is 3. The second-order valence-corrected chi connectivity index (χ2v) is 13.5. The molecule has 0 radical (unpaired) electrons. The summed E-state index contributed by atoms with van der Waals surface area (Å²) in [6, 6.07) is 11.7. The fourth-order valence-corrected chi connectivity index (χ4v) is 6.45. The summed E-state index contributed by atoms with van der Waals surface area (Å²) in [5.41, 5.74) is 9.24. The zero-order valence-electron chi connectivity index (χ0n) is 25.8. The summed E-state index contributed by atoms with van der Waals surface area (Å²) in [6.07, 6.45) is 5.48. The van der Waals surface area contributed by atoms with E-state index >= 15 is 0 Å². The number of H-pyrrole nitrogens is 1. The van der Waals surface area contributed by atoms with Crippen LogP contribution in [-0.4, -0.2) is 37.0 Å². The van der Waals surface area contributed by atoms with Crippen molar-refractivity contribution < 1.29 is 31.9 Å². The highest BCUT2D eigenvalue weighted by Gasteiger charge is 2.28. The number of halogens is 8. The van der Waals surface area contributed by atoms with Gasteiger partial charge in [0.05, 0.1) is 43.7 Å². The van der Waals surface area contributed by atoms with Gasteiger partial charge in [-0.25, -0.2) is 27.5 Å². The maximum absolute atomic E-state index is 14.5. The van der Waals surface area contributed by atoms with Crippen molar-refractivity contribution in [2.75, 3.05) is 11.5 Å². The maximum atomic E-state index is 14.5. The molecule has 52 heavy (non-hydrogen) atoms. The van der Waals surface area contributed by atoms with Crippen LogP contribution >= 0.6 is 55.1 Å². The summed E-state index contributed by atoms with van der Waals surface area (Å²) in [4.78, 5) is 49.8. The van der Waals surface area contributed by atoms with E-state index in [2.05, 4.69) is 46.8 Å². The molecule has 0 saturated heterocycles. The van der Waals surface area contributed by atoms with Gasteiger partial charge in [-0.3, -0.25) is 19.0 Å². The molecular weight excluding hydrogens is 859 g/mol. The van der Waals surface area contributed by atoms with Gasteiger partial charge in [0, 0.05) is 50.1 Å². The van der Waals surface area contributed by atoms with Crippen molar-refractivity contribution in [3.8, 4) is 0 Å². The van der Waals surface area contributed by atoms with Crippen LogP contribution in [0.3, 0.4) is 0 Å². The number of ketones is 2. The lowest BCUT2D eigenvalue weighted by molar-refractivity contribution is 0.0963. The molecule has 0 fully saturated rings. The van der Waals surface area contributed by atoms with Crippen molar-refractivity contribution in [2.45, 2.75) is 0 Å². The SMILES string of the molecule is Nc1ccc(F)c(C(=O)c2c[nH]c3ncc(Br)cc23)c1F.Nc1ccc(F)c(C(=O)c2cn(C(=O)c3c(Cl)cccc3Cl)c3ncc(Br)cc23)c1F. The third kappa shape index (κ3) is 6.67. The fraction of sp³-hybridized carbons (Fsp3) is 0. The topological polar surface area (TPSA) is 150 Å². The van der Waals surface area contributed by atoms with Gasteiger partial charge in [-0.1, -0.05) is 29.3 Å². The highest BCUT2D eigenvalue weighted by Crippen LogP contribution is 2.32. The standard InChI is InChI=1S/C21H10BrCl2F2N3O2.C14H8BrF2N3O/c22-9-6-10-11(19(30)17-14(25)4-5-15(27)18(17)26)8-29(20(10)28-7-9)21(31)16-12(23)2-1-3-13(16)24;15-6-3-7-8(5-20-14(7)19-4-6)13(21)11-9(16)1-2-10(18)12(11)17/h1-8H,27H2;1-5H,18H2,(H,19,20). The van der Waals surface area contributed by atoms with Crippen molar-refractivity contribution in [1.29, 1.82) is 0 Å². The predicted molar refractivity (Wildman–Crippen MR) is 196 cm³/mol. The van der Waals surface area contributed by atoms with Gasteiger partial charge in [0.25, 0.3) is 5.91 Å². The molecule has 0 aliphatic rings. The molecule has 7 aromatic rings. The number of anilines is 2. The average Bonchev–Trinajstić information content (AvgIpc) is 3.70. The number of nitrogens with two attached hydrogens (primary N) is 2. The lowest BCUT2D eigenvalue weighted by atomic mass is 10.0. The lowest BCUT2D eigenvalue weighted by Gasteiger charge is -2.07. The second kappa shape index (κ2) is 14.5. The summed E-state index contributed by atoms with van der Waals surface area (Å²) >= 11 is 18.8. The Morgan fingerprint density at radius 3 is 1.81 bits per heavy atom. The molecule has 0 unspecified atom stereocenters. The highest BCUT2D eigenvalue weighted by atomic mass is 79.9. The van der Waals surface area contributed by atoms with E-state index < -0.39 is 51.9 Å². The van der Waals surface area contributed by atoms with E-state index in [-0.39, 0.29) is 49.1 Å². The van der Waals surface area contributed by atoms with Crippen molar-refractivity contribution in [2.24, 2.45) is 0 Å². The zero-order chi connectivity index (χ0) is 37.6. The molecule has 262 valence electrons. The molecule has 17 heteroatoms. The first kappa shape index (κ1) is 36.7. The zero-order valence-corrected chi connectivity index (χ0v) is 30.4. The minimum atomic E-state index is -1.19. The van der Waals surface area contributed by atoms with E-state index in [0.29, 0.717) is 20.0 Å². The predicted octanol–water partition coefficient (Wildman–Crippen LogP) is 9.30. The first-order chi connectivity index (χ1) is 24.7. The molecular formula is C35H18Br2Cl2F4N6O3. The number of nitrogens with zero attached hydrogens (tertiary/aromatic N) is 3. The van der Waals surface area contributed by atoms with Crippen molar-refractivity contribution in [3.05, 3.63) is 149 Å². The third-order valence-electron chi connectivity index (χ3n) is 7.69. The highest BCUT2D eigenvalue weighted by molar-refractivity contribution is 9.10. The number of hydrogen-bond acceptors (Lipinski definition) is 7. The largest absolute Gasteiger partial charge is 0.396 e. The molecule has 4 heterocycles. The Balaban J connectivity index is 0.000000192. The Bertz CT molecular complexity index is 2610. The molecule has 5 N–H and O–H groups in total. The van der Waals surface area contributed by atoms with Gasteiger partial charge >= 0.3 is 0 Å². The second-order valence-electron chi connectivity index (χ2n) is 10.9. The van der Waals surface area contributed by atoms with Crippen LogP contribution in [0.25, 0.3) is 22.1 Å². The van der Waals surface area contributed by atoms with Gasteiger partial charge in [-0.05, 0) is 80.4 Å². The maximum Gasteiger partial charge on any atom is 0.266 e. The molecule has 0 saturated carbocycles. The van der Waals surface area contributed by atoms with Crippen molar-refractivity contribution >= 4 is 106 Å². The Morgan fingerprint density at radius 2 is 1.23 bits per heavy atom. The normalized spacial score (nSPS) is 11.1. The third-order valence-corrected chi connectivity index (χ3v) is 9.19. The lowest BCUT2D eigenvalue weighted by Crippen LogP contribution is -2.13. The number of nitrogen functional groups attached to an aromatic ring is 2. The van der Waals surface area contributed by atoms with E-state index in [1.165, 1.54) is 30.6 Å². The Labute approximate surface area is 316 Å². The Morgan fingerprint density at radius 1 is 0.712 bits per heavy atom. The molecule has 3 aromatic carbocycles. The van der Waals surface area contributed by atoms with Crippen LogP contribution in [0.15, 0.2) is 88.3 Å². The first-order valence-electron chi connectivity index (χ1n) is 14.5. The number of pyridine rings is 2. The van der Waals surface area contributed by atoms with Crippen molar-refractivity contribution in [1.82, 2.24) is 19.5 Å². The van der Waals surface area contributed by atoms with Gasteiger partial charge < -0.3 is 16.5 Å². The smallest absolute Gasteiger partial charge is 0.266 e. The number of aromatic nitrogens is 4. The van der Waals surface area contributed by atoms with Crippen LogP contribution in [0.1, 0.15) is 42.2 Å². The molecule has 0 bridgehead atoms. The van der Waals surface area contributed by atoms with Crippen LogP contribution in [0, 0.1) is 23.3 Å². The number of carbonyl (C=O) groups excluding carboxylic acids is 3. The molecule has 0 aliphatic carbocycles. The monoisotopic (exact) mass is 874 g/mol. The molecule has 0 aliphatic heterocycles. The molecule has 4 aromatic heterocycles. The summed E-state index contributed by atoms with van der Waals surface area (Å²) < 4.78 is 58.8. The molecule has 0 amide bonds. The Hall–Kier alpha value is -5.09. The minimum Gasteiger partial charge on any atom is -0.396 e. The number of aromatic amines is 1. The number of benzene rings is 3. The Kier molecular flexibility index (Phi) is 10.2. The van der Waals surface area contributed by atoms with Crippen molar-refractivity contribution in [3.63, 3.8) is 0 Å². The summed E-state index contributed by atoms with van der Waals surface area (Å²) in [6.45, 7) is 0. The van der Waals surface area contributed by atoms with E-state index in [0.717, 1.165) is 35.0 Å². The van der Waals surface area contributed by atoms with E-state index in [4.69, 9.17) is 34.7 Å². The molecule has 0 spiro atoms. The number of fused-ring (bicyclic) bond motifs is 2. The van der Waals surface area contributed by atoms with Crippen LogP contribution < -0.4 is 11.5 Å². The molecule has 7 rings (SSSR count). The number of carbonyl (C=O) groups is 3. The van der Waals surface area contributed by atoms with Crippen LogP contribution in [0.4, 0.5) is 28.9 Å². The van der Waals surface area contributed by atoms with Gasteiger partial charge in [0.2, 0.25) is 11.6 Å². The average molecular weight is 877 g/mol. The van der Waals surface area contributed by atoms with Gasteiger partial charge in [-0.15, -0.1) is 0 Å². The molecule has 9 nitrogen and oxygen atoms in total. The summed E-state index contributed by atoms with van der Waals surface area (Å²) in [5, 5.41) is 0.849.